The fourth-order valence-electron chi connectivity index (χ4n) is 1.49. The average molecular weight is 157 g/mol. The van der Waals surface area contributed by atoms with E-state index in [-0.39, 0.29) is 6.04 Å². The molecule has 1 heterocycles. The maximum absolute atomic E-state index is 10.5. The number of carboxylic acids is 1. The molecular weight excluding hydrogens is 142 g/mol. The Bertz CT molecular complexity index is 156. The summed E-state index contributed by atoms with van der Waals surface area (Å²) in [5, 5.41) is 11.7. The van der Waals surface area contributed by atoms with Gasteiger partial charge in [0.2, 0.25) is 0 Å². The minimum Gasteiger partial charge on any atom is -0.480 e. The van der Waals surface area contributed by atoms with Gasteiger partial charge in [0.15, 0.2) is 0 Å². The van der Waals surface area contributed by atoms with Crippen LogP contribution in [0, 0.1) is 5.92 Å². The van der Waals surface area contributed by atoms with Gasteiger partial charge in [-0.1, -0.05) is 13.8 Å². The fraction of sp³-hybridized carbons (Fsp3) is 0.875. The van der Waals surface area contributed by atoms with Crippen LogP contribution >= 0.6 is 0 Å². The molecule has 0 bridgehead atoms. The molecule has 0 saturated carbocycles. The van der Waals surface area contributed by atoms with Gasteiger partial charge < -0.3 is 10.4 Å². The van der Waals surface area contributed by atoms with Crippen molar-refractivity contribution >= 4 is 5.97 Å². The van der Waals surface area contributed by atoms with Gasteiger partial charge in [-0.05, 0) is 18.8 Å². The number of nitrogens with one attached hydrogen (secondary N) is 1. The van der Waals surface area contributed by atoms with E-state index in [0.29, 0.717) is 12.0 Å². The van der Waals surface area contributed by atoms with E-state index in [4.69, 9.17) is 5.11 Å². The molecule has 3 heteroatoms. The molecule has 2 atom stereocenters. The molecule has 0 aromatic heterocycles. The summed E-state index contributed by atoms with van der Waals surface area (Å²) in [6, 6.07) is 0.0958. The van der Waals surface area contributed by atoms with Crippen LogP contribution in [0.25, 0.3) is 0 Å². The highest BCUT2D eigenvalue weighted by Crippen LogP contribution is 2.18. The Morgan fingerprint density at radius 1 is 1.55 bits per heavy atom. The van der Waals surface area contributed by atoms with Crippen molar-refractivity contribution in [2.24, 2.45) is 5.92 Å². The van der Waals surface area contributed by atoms with Gasteiger partial charge in [0.05, 0.1) is 0 Å². The minimum atomic E-state index is -0.715. The Morgan fingerprint density at radius 3 is 2.45 bits per heavy atom. The van der Waals surface area contributed by atoms with Gasteiger partial charge in [0.25, 0.3) is 0 Å². The van der Waals surface area contributed by atoms with Gasteiger partial charge in [-0.25, -0.2) is 0 Å². The summed E-state index contributed by atoms with van der Waals surface area (Å²) in [6.07, 6.45) is 1.77. The van der Waals surface area contributed by atoms with Crippen molar-refractivity contribution in [1.82, 2.24) is 5.32 Å². The van der Waals surface area contributed by atoms with Crippen LogP contribution in [-0.4, -0.2) is 23.2 Å². The van der Waals surface area contributed by atoms with Crippen LogP contribution in [0.4, 0.5) is 0 Å². The van der Waals surface area contributed by atoms with Crippen molar-refractivity contribution in [2.45, 2.75) is 38.8 Å². The van der Waals surface area contributed by atoms with Gasteiger partial charge in [-0.2, -0.15) is 0 Å². The molecule has 0 unspecified atom stereocenters. The third-order valence-electron chi connectivity index (χ3n) is 2.28. The Morgan fingerprint density at radius 2 is 2.18 bits per heavy atom. The first-order chi connectivity index (χ1) is 5.11. The number of carboxylic acid groups (broad SMARTS) is 1. The van der Waals surface area contributed by atoms with Crippen molar-refractivity contribution in [1.29, 1.82) is 0 Å². The molecule has 0 radical (unpaired) electrons. The highest BCUT2D eigenvalue weighted by atomic mass is 16.4. The summed E-state index contributed by atoms with van der Waals surface area (Å²) in [4.78, 5) is 10.5. The van der Waals surface area contributed by atoms with E-state index in [0.717, 1.165) is 12.8 Å². The predicted octanol–water partition coefficient (Wildman–Crippen LogP) is 0.848. The zero-order valence-electron chi connectivity index (χ0n) is 7.00. The quantitative estimate of drug-likeness (QED) is 0.624. The van der Waals surface area contributed by atoms with E-state index < -0.39 is 5.97 Å². The molecular formula is C8H15NO2. The van der Waals surface area contributed by atoms with E-state index >= 15 is 0 Å². The van der Waals surface area contributed by atoms with E-state index in [1.807, 2.05) is 0 Å². The molecule has 2 N–H and O–H groups in total. The van der Waals surface area contributed by atoms with Gasteiger partial charge in [0, 0.05) is 6.04 Å². The molecule has 0 spiro atoms. The lowest BCUT2D eigenvalue weighted by molar-refractivity contribution is -0.139. The van der Waals surface area contributed by atoms with E-state index in [1.54, 1.807) is 0 Å². The molecule has 0 amide bonds. The Hall–Kier alpha value is -0.570. The fourth-order valence-corrected chi connectivity index (χ4v) is 1.49. The van der Waals surface area contributed by atoms with Crippen molar-refractivity contribution in [3.05, 3.63) is 0 Å². The summed E-state index contributed by atoms with van der Waals surface area (Å²) < 4.78 is 0. The lowest BCUT2D eigenvalue weighted by Gasteiger charge is -2.14. The van der Waals surface area contributed by atoms with Gasteiger partial charge >= 0.3 is 5.97 Å². The van der Waals surface area contributed by atoms with Crippen LogP contribution in [0.5, 0.6) is 0 Å². The maximum Gasteiger partial charge on any atom is 0.320 e. The van der Waals surface area contributed by atoms with Gasteiger partial charge in [-0.15, -0.1) is 0 Å². The van der Waals surface area contributed by atoms with Gasteiger partial charge in [0.1, 0.15) is 6.04 Å². The molecule has 3 nitrogen and oxygen atoms in total. The molecule has 0 aromatic carbocycles. The zero-order valence-corrected chi connectivity index (χ0v) is 7.00. The number of rotatable bonds is 2. The lowest BCUT2D eigenvalue weighted by Crippen LogP contribution is -2.37. The zero-order chi connectivity index (χ0) is 8.43. The summed E-state index contributed by atoms with van der Waals surface area (Å²) >= 11 is 0. The molecule has 64 valence electrons. The SMILES string of the molecule is CC(C)[C@@H]1CC[C@H](C(=O)O)N1. The van der Waals surface area contributed by atoms with E-state index in [2.05, 4.69) is 19.2 Å². The van der Waals surface area contributed by atoms with Crippen molar-refractivity contribution in [3.63, 3.8) is 0 Å². The maximum atomic E-state index is 10.5. The van der Waals surface area contributed by atoms with Crippen LogP contribution in [-0.2, 0) is 4.79 Å². The first kappa shape index (κ1) is 8.53. The first-order valence-corrected chi connectivity index (χ1v) is 4.10. The molecule has 1 fully saturated rings. The molecule has 0 aromatic rings. The molecule has 1 aliphatic heterocycles. The van der Waals surface area contributed by atoms with Gasteiger partial charge in [-0.3, -0.25) is 4.79 Å². The smallest absolute Gasteiger partial charge is 0.320 e. The summed E-state index contributed by atoms with van der Waals surface area (Å²) in [5.41, 5.74) is 0. The second-order valence-corrected chi connectivity index (χ2v) is 3.49. The Labute approximate surface area is 66.8 Å². The molecule has 11 heavy (non-hydrogen) atoms. The lowest BCUT2D eigenvalue weighted by atomic mass is 10.0. The Kier molecular flexibility index (Phi) is 2.49. The monoisotopic (exact) mass is 157 g/mol. The molecule has 0 aliphatic carbocycles. The van der Waals surface area contributed by atoms with Crippen LogP contribution in [0.1, 0.15) is 26.7 Å². The van der Waals surface area contributed by atoms with Crippen molar-refractivity contribution in [2.75, 3.05) is 0 Å². The third-order valence-corrected chi connectivity index (χ3v) is 2.28. The molecule has 1 saturated heterocycles. The van der Waals surface area contributed by atoms with Crippen LogP contribution in [0.3, 0.4) is 0 Å². The summed E-state index contributed by atoms with van der Waals surface area (Å²) in [5.74, 6) is -0.174. The molecule has 1 rings (SSSR count). The normalized spacial score (nSPS) is 31.2. The topological polar surface area (TPSA) is 49.3 Å². The first-order valence-electron chi connectivity index (χ1n) is 4.10. The molecule has 1 aliphatic rings. The standard InChI is InChI=1S/C8H15NO2/c1-5(2)6-3-4-7(9-6)8(10)11/h5-7,9H,3-4H2,1-2H3,(H,10,11)/t6-,7+/m0/s1. The van der Waals surface area contributed by atoms with E-state index in [9.17, 15) is 4.79 Å². The van der Waals surface area contributed by atoms with Crippen LogP contribution < -0.4 is 5.32 Å². The largest absolute Gasteiger partial charge is 0.480 e. The van der Waals surface area contributed by atoms with Crippen LogP contribution in [0.15, 0.2) is 0 Å². The Balaban J connectivity index is 2.41. The highest BCUT2D eigenvalue weighted by molar-refractivity contribution is 5.73. The highest BCUT2D eigenvalue weighted by Gasteiger charge is 2.29. The second-order valence-electron chi connectivity index (χ2n) is 3.49. The number of hydrogen-bond donors (Lipinski definition) is 2. The minimum absolute atomic E-state index is 0.303. The summed E-state index contributed by atoms with van der Waals surface area (Å²) in [7, 11) is 0. The van der Waals surface area contributed by atoms with Crippen molar-refractivity contribution < 1.29 is 9.90 Å². The predicted molar refractivity (Wildman–Crippen MR) is 42.4 cm³/mol. The second kappa shape index (κ2) is 3.22. The average Bonchev–Trinajstić information content (AvgIpc) is 2.33. The number of hydrogen-bond acceptors (Lipinski definition) is 2. The van der Waals surface area contributed by atoms with Crippen LogP contribution in [0.2, 0.25) is 0 Å². The summed E-state index contributed by atoms with van der Waals surface area (Å²) in [6.45, 7) is 4.23. The van der Waals surface area contributed by atoms with Crippen molar-refractivity contribution in [3.8, 4) is 0 Å². The third kappa shape index (κ3) is 1.93. The van der Waals surface area contributed by atoms with E-state index in [1.165, 1.54) is 0 Å². The number of aliphatic carboxylic acids is 1. The number of carbonyl (C=O) groups is 1.